The van der Waals surface area contributed by atoms with E-state index in [2.05, 4.69) is 56.6 Å². The van der Waals surface area contributed by atoms with Crippen LogP contribution in [0.3, 0.4) is 0 Å². The first-order valence-corrected chi connectivity index (χ1v) is 14.5. The molecular weight excluding hydrogens is 514 g/mol. The number of hydrogen-bond acceptors (Lipinski definition) is 7. The highest BCUT2D eigenvalue weighted by molar-refractivity contribution is 5.87. The van der Waals surface area contributed by atoms with Crippen LogP contribution < -0.4 is 15.0 Å². The molecule has 4 aromatic rings. The molecule has 1 fully saturated rings. The van der Waals surface area contributed by atoms with Crippen molar-refractivity contribution in [3.63, 3.8) is 0 Å². The maximum Gasteiger partial charge on any atom is 0.145 e. The van der Waals surface area contributed by atoms with Crippen molar-refractivity contribution in [3.8, 4) is 5.75 Å². The summed E-state index contributed by atoms with van der Waals surface area (Å²) in [5.74, 6) is 1.55. The van der Waals surface area contributed by atoms with Crippen molar-refractivity contribution >= 4 is 16.9 Å². The molecule has 2 heterocycles. The van der Waals surface area contributed by atoms with Crippen LogP contribution in [0.1, 0.15) is 36.4 Å². The van der Waals surface area contributed by atoms with Crippen LogP contribution in [0.25, 0.3) is 11.0 Å². The van der Waals surface area contributed by atoms with E-state index in [4.69, 9.17) is 4.74 Å². The largest absolute Gasteiger partial charge is 0.497 e. The molecule has 0 bridgehead atoms. The van der Waals surface area contributed by atoms with Crippen LogP contribution >= 0.6 is 0 Å². The van der Waals surface area contributed by atoms with Crippen LogP contribution in [0, 0.1) is 5.92 Å². The lowest BCUT2D eigenvalue weighted by atomic mass is 10.0. The number of anilines is 1. The number of fused-ring (bicyclic) bond motifs is 1. The van der Waals surface area contributed by atoms with Gasteiger partial charge < -0.3 is 29.7 Å². The molecule has 41 heavy (non-hydrogen) atoms. The summed E-state index contributed by atoms with van der Waals surface area (Å²) in [6, 6.07) is 20.3. The van der Waals surface area contributed by atoms with Gasteiger partial charge in [-0.15, -0.1) is 0 Å². The monoisotopic (exact) mass is 555 g/mol. The number of aliphatic hydroxyl groups excluding tert-OH is 2. The number of aromatic nitrogens is 3. The second-order valence-electron chi connectivity index (χ2n) is 10.9. The Morgan fingerprint density at radius 2 is 1.80 bits per heavy atom. The summed E-state index contributed by atoms with van der Waals surface area (Å²) in [7, 11) is 3.67. The second kappa shape index (κ2) is 13.8. The molecule has 0 amide bonds. The minimum absolute atomic E-state index is 0.0995. The van der Waals surface area contributed by atoms with Gasteiger partial charge in [-0.3, -0.25) is 0 Å². The van der Waals surface area contributed by atoms with Gasteiger partial charge in [-0.25, -0.2) is 9.97 Å². The van der Waals surface area contributed by atoms with Gasteiger partial charge in [0.05, 0.1) is 24.6 Å². The molecule has 1 saturated carbocycles. The van der Waals surface area contributed by atoms with E-state index in [0.29, 0.717) is 13.0 Å². The molecule has 1 aliphatic rings. The van der Waals surface area contributed by atoms with E-state index in [0.717, 1.165) is 60.5 Å². The fourth-order valence-electron chi connectivity index (χ4n) is 5.74. The van der Waals surface area contributed by atoms with Gasteiger partial charge in [-0.05, 0) is 68.1 Å². The van der Waals surface area contributed by atoms with Gasteiger partial charge in [0.25, 0.3) is 0 Å². The summed E-state index contributed by atoms with van der Waals surface area (Å²) in [5, 5.41) is 26.3. The van der Waals surface area contributed by atoms with Crippen molar-refractivity contribution in [2.24, 2.45) is 5.92 Å². The van der Waals surface area contributed by atoms with Crippen molar-refractivity contribution in [3.05, 3.63) is 96.5 Å². The van der Waals surface area contributed by atoms with Crippen LogP contribution in [0.2, 0.25) is 0 Å². The molecule has 216 valence electrons. The summed E-state index contributed by atoms with van der Waals surface area (Å²) < 4.78 is 7.27. The molecule has 1 aliphatic carbocycles. The minimum Gasteiger partial charge on any atom is -0.497 e. The number of rotatable bonds is 13. The highest BCUT2D eigenvalue weighted by atomic mass is 16.5. The molecule has 2 aromatic heterocycles. The van der Waals surface area contributed by atoms with E-state index in [1.165, 1.54) is 5.56 Å². The number of allylic oxidation sites excluding steroid dienone is 1. The van der Waals surface area contributed by atoms with Gasteiger partial charge in [-0.2, -0.15) is 0 Å². The van der Waals surface area contributed by atoms with Crippen molar-refractivity contribution in [2.75, 3.05) is 32.1 Å². The van der Waals surface area contributed by atoms with Gasteiger partial charge in [0.15, 0.2) is 0 Å². The molecule has 4 atom stereocenters. The molecule has 0 spiro atoms. The standard InChI is InChI=1S/C33H41N5O3/c1-37(22-25-12-14-27(41-2)15-13-25)32-28-17-20-38(33(28)36-23-35-32)29-21-26(30(39)31(29)40)11-7-4-8-18-34-19-16-24-9-5-3-6-10-24/h3,5-7,9-15,17,20,23,26,29-31,34,39-40H,4,8,16,18-19,21-22H2,1-2H3/t26-,29+,30+,31-/m0/s1. The molecule has 3 N–H and O–H groups in total. The van der Waals surface area contributed by atoms with Gasteiger partial charge in [-0.1, -0.05) is 54.6 Å². The predicted molar refractivity (Wildman–Crippen MR) is 163 cm³/mol. The molecule has 0 radical (unpaired) electrons. The second-order valence-corrected chi connectivity index (χ2v) is 10.9. The number of benzene rings is 2. The Morgan fingerprint density at radius 1 is 1.00 bits per heavy atom. The summed E-state index contributed by atoms with van der Waals surface area (Å²) in [5.41, 5.74) is 3.26. The SMILES string of the molecule is COc1ccc(CN(C)c2ncnc3c2ccn3[C@@H]2C[C@H](C=CCCCNCCc3ccccc3)[C@@H](O)[C@H]2O)cc1. The zero-order valence-electron chi connectivity index (χ0n) is 23.9. The van der Waals surface area contributed by atoms with Crippen molar-refractivity contribution in [1.29, 1.82) is 0 Å². The van der Waals surface area contributed by atoms with Crippen molar-refractivity contribution < 1.29 is 14.9 Å². The number of hydrogen-bond donors (Lipinski definition) is 3. The van der Waals surface area contributed by atoms with Crippen LogP contribution in [-0.2, 0) is 13.0 Å². The fourth-order valence-corrected chi connectivity index (χ4v) is 5.74. The van der Waals surface area contributed by atoms with Crippen molar-refractivity contribution in [2.45, 2.75) is 50.5 Å². The summed E-state index contributed by atoms with van der Waals surface area (Å²) in [6.45, 7) is 2.61. The van der Waals surface area contributed by atoms with E-state index in [9.17, 15) is 10.2 Å². The normalized spacial score (nSPS) is 20.7. The Bertz CT molecular complexity index is 1410. The van der Waals surface area contributed by atoms with Crippen LogP contribution in [0.15, 0.2) is 85.3 Å². The highest BCUT2D eigenvalue weighted by Crippen LogP contribution is 2.39. The first-order valence-electron chi connectivity index (χ1n) is 14.5. The Morgan fingerprint density at radius 3 is 2.59 bits per heavy atom. The maximum atomic E-state index is 11.0. The number of ether oxygens (including phenoxy) is 1. The third-order valence-corrected chi connectivity index (χ3v) is 8.02. The number of nitrogens with one attached hydrogen (secondary N) is 1. The zero-order chi connectivity index (χ0) is 28.6. The molecular formula is C33H41N5O3. The third kappa shape index (κ3) is 6.96. The van der Waals surface area contributed by atoms with Gasteiger partial charge in [0.1, 0.15) is 29.6 Å². The predicted octanol–water partition coefficient (Wildman–Crippen LogP) is 4.53. The Balaban J connectivity index is 1.16. The average molecular weight is 556 g/mol. The van der Waals surface area contributed by atoms with Gasteiger partial charge in [0.2, 0.25) is 0 Å². The summed E-state index contributed by atoms with van der Waals surface area (Å²) in [4.78, 5) is 11.2. The first-order chi connectivity index (χ1) is 20.0. The quantitative estimate of drug-likeness (QED) is 0.165. The van der Waals surface area contributed by atoms with E-state index in [1.807, 2.05) is 54.2 Å². The maximum absolute atomic E-state index is 11.0. The topological polar surface area (TPSA) is 95.7 Å². The molecule has 0 aliphatic heterocycles. The molecule has 2 aromatic carbocycles. The Hall–Kier alpha value is -3.72. The van der Waals surface area contributed by atoms with Crippen LogP contribution in [-0.4, -0.2) is 64.2 Å². The number of nitrogens with zero attached hydrogens (tertiary/aromatic N) is 4. The lowest BCUT2D eigenvalue weighted by molar-refractivity contribution is 0.0138. The average Bonchev–Trinajstić information content (AvgIpc) is 3.55. The summed E-state index contributed by atoms with van der Waals surface area (Å²) in [6.07, 6.45) is 9.73. The van der Waals surface area contributed by atoms with E-state index in [-0.39, 0.29) is 12.0 Å². The van der Waals surface area contributed by atoms with Crippen LogP contribution in [0.4, 0.5) is 5.82 Å². The van der Waals surface area contributed by atoms with Gasteiger partial charge in [0, 0.05) is 25.7 Å². The molecule has 0 unspecified atom stereocenters. The smallest absolute Gasteiger partial charge is 0.145 e. The summed E-state index contributed by atoms with van der Waals surface area (Å²) >= 11 is 0. The van der Waals surface area contributed by atoms with Crippen molar-refractivity contribution in [1.82, 2.24) is 19.9 Å². The molecule has 8 heteroatoms. The highest BCUT2D eigenvalue weighted by Gasteiger charge is 2.41. The van der Waals surface area contributed by atoms with E-state index in [1.54, 1.807) is 13.4 Å². The number of unbranched alkanes of at least 4 members (excludes halogenated alkanes) is 1. The third-order valence-electron chi connectivity index (χ3n) is 8.02. The molecule has 5 rings (SSSR count). The van der Waals surface area contributed by atoms with Gasteiger partial charge >= 0.3 is 0 Å². The lowest BCUT2D eigenvalue weighted by Crippen LogP contribution is -2.29. The zero-order valence-corrected chi connectivity index (χ0v) is 23.9. The van der Waals surface area contributed by atoms with Crippen LogP contribution in [0.5, 0.6) is 5.75 Å². The van der Waals surface area contributed by atoms with E-state index < -0.39 is 12.2 Å². The lowest BCUT2D eigenvalue weighted by Gasteiger charge is -2.21. The first kappa shape index (κ1) is 28.8. The number of aliphatic hydroxyl groups is 2. The van der Waals surface area contributed by atoms with E-state index >= 15 is 0 Å². The Kier molecular flexibility index (Phi) is 9.67. The Labute approximate surface area is 242 Å². The molecule has 0 saturated heterocycles. The fraction of sp³-hybridized carbons (Fsp3) is 0.394. The minimum atomic E-state index is -0.865. The molecule has 8 nitrogen and oxygen atoms in total. The number of methoxy groups -OCH3 is 1.